The zero-order valence-electron chi connectivity index (χ0n) is 21.4. The maximum Gasteiger partial charge on any atom is 3.00 e. The normalized spacial score (nSPS) is 14.2. The second-order valence-electron chi connectivity index (χ2n) is 8.82. The Hall–Kier alpha value is -1.60. The monoisotopic (exact) mass is 524 g/mol. The fraction of sp³-hybridized carbons (Fsp3) is 0.467. The second kappa shape index (κ2) is 19.8. The molecule has 0 heterocycles. The van der Waals surface area contributed by atoms with Crippen LogP contribution in [0.1, 0.15) is 94.7 Å². The summed E-state index contributed by atoms with van der Waals surface area (Å²) in [5.41, 5.74) is 5.73. The van der Waals surface area contributed by atoms with E-state index in [1.54, 1.807) is 0 Å². The summed E-state index contributed by atoms with van der Waals surface area (Å²) in [7, 11) is 0. The zero-order chi connectivity index (χ0) is 23.6. The molecule has 1 N–H and O–H groups in total. The van der Waals surface area contributed by atoms with Crippen LogP contribution in [0.2, 0.25) is 0 Å². The van der Waals surface area contributed by atoms with E-state index in [4.69, 9.17) is 10.4 Å². The van der Waals surface area contributed by atoms with Gasteiger partial charge in [0.2, 0.25) is 0 Å². The van der Waals surface area contributed by atoms with Gasteiger partial charge in [0.25, 0.3) is 0 Å². The van der Waals surface area contributed by atoms with Crippen LogP contribution in [-0.4, -0.2) is 5.11 Å². The summed E-state index contributed by atoms with van der Waals surface area (Å²) in [5, 5.41) is 12.6. The van der Waals surface area contributed by atoms with Crippen molar-refractivity contribution in [3.63, 3.8) is 0 Å². The van der Waals surface area contributed by atoms with Gasteiger partial charge >= 0.3 is 26.2 Å². The first kappa shape index (κ1) is 31.4. The fourth-order valence-electron chi connectivity index (χ4n) is 3.75. The number of aliphatic hydroxyl groups excluding tert-OH is 1. The molecule has 0 bridgehead atoms. The quantitative estimate of drug-likeness (QED) is 0.397. The van der Waals surface area contributed by atoms with Crippen LogP contribution >= 0.6 is 0 Å². The third-order valence-electron chi connectivity index (χ3n) is 5.40. The molecule has 0 amide bonds. The summed E-state index contributed by atoms with van der Waals surface area (Å²) in [6.45, 7) is 10.9. The smallest absolute Gasteiger partial charge is 0.661 e. The molecule has 2 nitrogen and oxygen atoms in total. The van der Waals surface area contributed by atoms with Crippen LogP contribution in [0.3, 0.4) is 0 Å². The Balaban J connectivity index is 0.000000553. The third-order valence-corrected chi connectivity index (χ3v) is 5.40. The van der Waals surface area contributed by atoms with Gasteiger partial charge in [-0.3, -0.25) is 0 Å². The van der Waals surface area contributed by atoms with Crippen molar-refractivity contribution in [2.75, 3.05) is 0 Å². The molecule has 2 fully saturated rings. The maximum atomic E-state index is 7.86. The summed E-state index contributed by atoms with van der Waals surface area (Å²) in [6, 6.07) is 16.5. The average Bonchev–Trinajstić information content (AvgIpc) is 3.50. The van der Waals surface area contributed by atoms with E-state index in [1.165, 1.54) is 87.8 Å². The van der Waals surface area contributed by atoms with Crippen LogP contribution in [0.25, 0.3) is 11.4 Å². The van der Waals surface area contributed by atoms with Crippen molar-refractivity contribution in [3.8, 4) is 0 Å². The van der Waals surface area contributed by atoms with Crippen LogP contribution in [0, 0.1) is 13.8 Å². The van der Waals surface area contributed by atoms with Crippen molar-refractivity contribution in [2.24, 2.45) is 0 Å². The van der Waals surface area contributed by atoms with Gasteiger partial charge < -0.3 is 10.4 Å². The standard InChI is InChI=1S/C17H18N.2C5H10.C3H6O.Zr/c1-13-8-7-9-14(2)17(13)18-15(3)12-16-10-5-4-6-11-16;2*1-2-4-5-3-1;1-3(2)4;/h4-12H,1-3H3;2*1-5H2;4H,1H2,2H3;/q-1;;;;+3/b15-12+;;;;. The van der Waals surface area contributed by atoms with E-state index >= 15 is 0 Å². The molecule has 0 spiro atoms. The summed E-state index contributed by atoms with van der Waals surface area (Å²) in [4.78, 5) is 0. The molecule has 0 aliphatic heterocycles. The molecule has 0 saturated heterocycles. The molecule has 2 aromatic rings. The Morgan fingerprint density at radius 2 is 1.09 bits per heavy atom. The van der Waals surface area contributed by atoms with Crippen molar-refractivity contribution in [1.29, 1.82) is 0 Å². The van der Waals surface area contributed by atoms with Crippen molar-refractivity contribution >= 4 is 11.8 Å². The number of hydrogen-bond donors (Lipinski definition) is 1. The molecule has 1 radical (unpaired) electrons. The van der Waals surface area contributed by atoms with E-state index in [-0.39, 0.29) is 32.0 Å². The van der Waals surface area contributed by atoms with E-state index in [0.717, 1.165) is 11.4 Å². The van der Waals surface area contributed by atoms with Gasteiger partial charge in [-0.05, 0) is 26.3 Å². The van der Waals surface area contributed by atoms with Crippen molar-refractivity contribution in [2.45, 2.75) is 91.9 Å². The molecule has 3 heteroatoms. The van der Waals surface area contributed by atoms with Crippen molar-refractivity contribution < 1.29 is 31.3 Å². The van der Waals surface area contributed by atoms with E-state index in [2.05, 4.69) is 56.8 Å². The van der Waals surface area contributed by atoms with Crippen LogP contribution < -0.4 is 0 Å². The van der Waals surface area contributed by atoms with Crippen molar-refractivity contribution in [1.82, 2.24) is 0 Å². The molecule has 0 atom stereocenters. The Labute approximate surface area is 222 Å². The largest absolute Gasteiger partial charge is 3.00 e. The van der Waals surface area contributed by atoms with E-state index in [9.17, 15) is 0 Å². The van der Waals surface area contributed by atoms with Crippen LogP contribution in [0.5, 0.6) is 0 Å². The topological polar surface area (TPSA) is 34.3 Å². The molecule has 33 heavy (non-hydrogen) atoms. The number of para-hydroxylation sites is 1. The van der Waals surface area contributed by atoms with Crippen LogP contribution in [-0.2, 0) is 26.2 Å². The predicted octanol–water partition coefficient (Wildman–Crippen LogP) is 10.3. The Morgan fingerprint density at radius 1 is 0.727 bits per heavy atom. The molecule has 177 valence electrons. The minimum absolute atomic E-state index is 0. The van der Waals surface area contributed by atoms with Gasteiger partial charge in [0, 0.05) is 0 Å². The molecule has 0 aromatic heterocycles. The van der Waals surface area contributed by atoms with E-state index in [1.807, 2.05) is 25.1 Å². The van der Waals surface area contributed by atoms with Gasteiger partial charge in [0.1, 0.15) is 0 Å². The molecule has 2 aromatic carbocycles. The number of aryl methyl sites for hydroxylation is 2. The zero-order valence-corrected chi connectivity index (χ0v) is 23.8. The van der Waals surface area contributed by atoms with Crippen molar-refractivity contribution in [3.05, 3.63) is 88.6 Å². The summed E-state index contributed by atoms with van der Waals surface area (Å²) >= 11 is 0. The van der Waals surface area contributed by atoms with Gasteiger partial charge in [-0.2, -0.15) is 5.70 Å². The Kier molecular flexibility index (Phi) is 18.9. The predicted molar refractivity (Wildman–Crippen MR) is 143 cm³/mol. The molecule has 2 aliphatic carbocycles. The molecule has 4 rings (SSSR count). The Morgan fingerprint density at radius 3 is 1.45 bits per heavy atom. The first-order valence-electron chi connectivity index (χ1n) is 12.3. The second-order valence-corrected chi connectivity index (χ2v) is 8.82. The maximum absolute atomic E-state index is 7.86. The minimum atomic E-state index is 0. The summed E-state index contributed by atoms with van der Waals surface area (Å²) in [6.07, 6.45) is 17.1. The summed E-state index contributed by atoms with van der Waals surface area (Å²) in [5.74, 6) is 0.167. The van der Waals surface area contributed by atoms with Crippen LogP contribution in [0.4, 0.5) is 5.69 Å². The first-order valence-corrected chi connectivity index (χ1v) is 12.3. The Bertz CT molecular complexity index is 741. The third kappa shape index (κ3) is 16.6. The number of aliphatic hydroxyl groups is 1. The SMILES string of the molecule is C/C(=C\c1ccccc1)[N-]c1c(C)cccc1C.C1CCCC1.C1CCCC1.C=C(C)O.[Zr+3]. The van der Waals surface area contributed by atoms with Gasteiger partial charge in [-0.15, -0.1) is 5.69 Å². The number of benzene rings is 2. The number of allylic oxidation sites excluding steroid dienone is 2. The van der Waals surface area contributed by atoms with Gasteiger partial charge in [0.15, 0.2) is 0 Å². The van der Waals surface area contributed by atoms with Crippen LogP contribution in [0.15, 0.2) is 66.6 Å². The molecular weight excluding hydrogens is 482 g/mol. The fourth-order valence-corrected chi connectivity index (χ4v) is 3.75. The van der Waals surface area contributed by atoms with E-state index < -0.39 is 0 Å². The minimum Gasteiger partial charge on any atom is -0.661 e. The molecule has 2 aliphatic rings. The number of nitrogens with zero attached hydrogens (tertiary/aromatic N) is 1. The average molecular weight is 526 g/mol. The van der Waals surface area contributed by atoms with E-state index in [0.29, 0.717) is 0 Å². The summed E-state index contributed by atoms with van der Waals surface area (Å²) < 4.78 is 0. The first-order chi connectivity index (χ1) is 15.4. The number of rotatable bonds is 3. The molecule has 0 unspecified atom stereocenters. The van der Waals surface area contributed by atoms with Gasteiger partial charge in [-0.25, -0.2) is 0 Å². The molecule has 2 saturated carbocycles. The molecular formula is C30H44NOZr+2. The van der Waals surface area contributed by atoms with Gasteiger partial charge in [0.05, 0.1) is 5.76 Å². The number of hydrogen-bond acceptors (Lipinski definition) is 1. The van der Waals surface area contributed by atoms with Gasteiger partial charge in [-0.1, -0.05) is 143 Å².